The monoisotopic (exact) mass is 371 g/mol. The van der Waals surface area contributed by atoms with Crippen LogP contribution in [0.5, 0.6) is 0 Å². The first-order valence-electron chi connectivity index (χ1n) is 10.1. The molecule has 144 valence electrons. The fourth-order valence-corrected chi connectivity index (χ4v) is 3.96. The van der Waals surface area contributed by atoms with Crippen molar-refractivity contribution >= 4 is 5.69 Å². The SMILES string of the molecule is CN(C)Cc1ccccc1-c1ccc2c(c1)CNC(Cc1ccccc1)CN2. The van der Waals surface area contributed by atoms with Crippen molar-refractivity contribution < 1.29 is 0 Å². The minimum Gasteiger partial charge on any atom is -0.383 e. The van der Waals surface area contributed by atoms with E-state index in [-0.39, 0.29) is 0 Å². The quantitative estimate of drug-likeness (QED) is 0.689. The van der Waals surface area contributed by atoms with Crippen LogP contribution in [-0.4, -0.2) is 31.6 Å². The second-order valence-electron chi connectivity index (χ2n) is 7.92. The van der Waals surface area contributed by atoms with Crippen LogP contribution < -0.4 is 10.6 Å². The van der Waals surface area contributed by atoms with E-state index in [1.165, 1.54) is 33.5 Å². The summed E-state index contributed by atoms with van der Waals surface area (Å²) in [6, 6.07) is 26.7. The van der Waals surface area contributed by atoms with Gasteiger partial charge in [0.05, 0.1) is 0 Å². The summed E-state index contributed by atoms with van der Waals surface area (Å²) in [4.78, 5) is 2.22. The summed E-state index contributed by atoms with van der Waals surface area (Å²) in [6.07, 6.45) is 1.04. The molecule has 0 saturated heterocycles. The maximum absolute atomic E-state index is 3.74. The van der Waals surface area contributed by atoms with E-state index in [1.807, 2.05) is 0 Å². The van der Waals surface area contributed by atoms with Crippen LogP contribution in [0.1, 0.15) is 16.7 Å². The predicted octanol–water partition coefficient (Wildman–Crippen LogP) is 4.54. The highest BCUT2D eigenvalue weighted by molar-refractivity contribution is 5.71. The number of nitrogens with zero attached hydrogens (tertiary/aromatic N) is 1. The van der Waals surface area contributed by atoms with Crippen molar-refractivity contribution in [2.24, 2.45) is 0 Å². The molecule has 28 heavy (non-hydrogen) atoms. The number of nitrogens with one attached hydrogen (secondary N) is 2. The van der Waals surface area contributed by atoms with Gasteiger partial charge in [-0.1, -0.05) is 60.7 Å². The van der Waals surface area contributed by atoms with E-state index in [2.05, 4.69) is 102 Å². The van der Waals surface area contributed by atoms with Crippen LogP contribution in [0, 0.1) is 0 Å². The highest BCUT2D eigenvalue weighted by Gasteiger charge is 2.16. The molecule has 1 aliphatic rings. The first kappa shape index (κ1) is 18.7. The third-order valence-corrected chi connectivity index (χ3v) is 5.37. The van der Waals surface area contributed by atoms with Crippen molar-refractivity contribution in [2.45, 2.75) is 25.6 Å². The Morgan fingerprint density at radius 3 is 2.54 bits per heavy atom. The second-order valence-corrected chi connectivity index (χ2v) is 7.92. The highest BCUT2D eigenvalue weighted by Crippen LogP contribution is 2.29. The lowest BCUT2D eigenvalue weighted by Crippen LogP contribution is -2.34. The molecule has 0 fully saturated rings. The van der Waals surface area contributed by atoms with Gasteiger partial charge in [-0.2, -0.15) is 0 Å². The molecule has 3 aromatic carbocycles. The molecule has 0 spiro atoms. The van der Waals surface area contributed by atoms with Gasteiger partial charge in [-0.05, 0) is 60.5 Å². The zero-order valence-corrected chi connectivity index (χ0v) is 16.8. The van der Waals surface area contributed by atoms with Gasteiger partial charge in [0.2, 0.25) is 0 Å². The lowest BCUT2D eigenvalue weighted by atomic mass is 9.97. The Hall–Kier alpha value is -2.62. The molecule has 0 radical (unpaired) electrons. The average Bonchev–Trinajstić information content (AvgIpc) is 2.91. The molecule has 1 heterocycles. The van der Waals surface area contributed by atoms with Gasteiger partial charge in [0, 0.05) is 31.4 Å². The Labute approximate surface area is 168 Å². The fraction of sp³-hybridized carbons (Fsp3) is 0.280. The number of fused-ring (bicyclic) bond motifs is 1. The largest absolute Gasteiger partial charge is 0.383 e. The van der Waals surface area contributed by atoms with E-state index >= 15 is 0 Å². The summed E-state index contributed by atoms with van der Waals surface area (Å²) in [5.74, 6) is 0. The molecule has 3 aromatic rings. The van der Waals surface area contributed by atoms with Crippen molar-refractivity contribution in [3.05, 3.63) is 89.5 Å². The Bertz CT molecular complexity index is 918. The molecule has 0 aliphatic carbocycles. The maximum atomic E-state index is 3.74. The maximum Gasteiger partial charge on any atom is 0.0386 e. The Morgan fingerprint density at radius 1 is 0.929 bits per heavy atom. The summed E-state index contributed by atoms with van der Waals surface area (Å²) >= 11 is 0. The number of rotatable bonds is 5. The van der Waals surface area contributed by atoms with Crippen molar-refractivity contribution in [2.75, 3.05) is 26.0 Å². The van der Waals surface area contributed by atoms with Crippen LogP contribution in [0.3, 0.4) is 0 Å². The second kappa shape index (κ2) is 8.59. The summed E-state index contributed by atoms with van der Waals surface area (Å²) in [7, 11) is 4.24. The highest BCUT2D eigenvalue weighted by atomic mass is 15.0. The molecule has 0 bridgehead atoms. The summed E-state index contributed by atoms with van der Waals surface area (Å²) in [5, 5.41) is 7.39. The summed E-state index contributed by atoms with van der Waals surface area (Å²) in [5.41, 5.74) is 7.95. The molecule has 0 aromatic heterocycles. The predicted molar refractivity (Wildman–Crippen MR) is 119 cm³/mol. The van der Waals surface area contributed by atoms with E-state index < -0.39 is 0 Å². The van der Waals surface area contributed by atoms with E-state index in [4.69, 9.17) is 0 Å². The van der Waals surface area contributed by atoms with E-state index in [0.717, 1.165) is 26.1 Å². The van der Waals surface area contributed by atoms with Gasteiger partial charge in [-0.15, -0.1) is 0 Å². The lowest BCUT2D eigenvalue weighted by molar-refractivity contribution is 0.403. The van der Waals surface area contributed by atoms with Crippen molar-refractivity contribution in [1.82, 2.24) is 10.2 Å². The lowest BCUT2D eigenvalue weighted by Gasteiger charge is -2.16. The zero-order valence-electron chi connectivity index (χ0n) is 16.8. The summed E-state index contributed by atoms with van der Waals surface area (Å²) < 4.78 is 0. The minimum absolute atomic E-state index is 0.430. The number of hydrogen-bond acceptors (Lipinski definition) is 3. The van der Waals surface area contributed by atoms with E-state index in [1.54, 1.807) is 0 Å². The normalized spacial score (nSPS) is 16.3. The molecule has 0 saturated carbocycles. The molecule has 3 nitrogen and oxygen atoms in total. The van der Waals surface area contributed by atoms with Crippen LogP contribution in [-0.2, 0) is 19.5 Å². The molecular weight excluding hydrogens is 342 g/mol. The van der Waals surface area contributed by atoms with Crippen LogP contribution in [0.15, 0.2) is 72.8 Å². The Balaban J connectivity index is 1.53. The first-order valence-corrected chi connectivity index (χ1v) is 10.1. The van der Waals surface area contributed by atoms with Crippen molar-refractivity contribution in [1.29, 1.82) is 0 Å². The van der Waals surface area contributed by atoms with Gasteiger partial charge in [0.15, 0.2) is 0 Å². The smallest absolute Gasteiger partial charge is 0.0386 e. The third-order valence-electron chi connectivity index (χ3n) is 5.37. The van der Waals surface area contributed by atoms with Crippen molar-refractivity contribution in [3.8, 4) is 11.1 Å². The molecule has 1 unspecified atom stereocenters. The van der Waals surface area contributed by atoms with Crippen LogP contribution in [0.25, 0.3) is 11.1 Å². The molecule has 4 rings (SSSR count). The molecular formula is C25H29N3. The van der Waals surface area contributed by atoms with Gasteiger partial charge in [0.1, 0.15) is 0 Å². The molecule has 3 heteroatoms. The standard InChI is InChI=1S/C25H29N3/c1-28(2)18-21-10-6-7-11-24(21)20-12-13-25-22(15-20)16-26-23(17-27-25)14-19-8-4-3-5-9-19/h3-13,15,23,26-27H,14,16-18H2,1-2H3. The van der Waals surface area contributed by atoms with Gasteiger partial charge in [-0.3, -0.25) is 0 Å². The van der Waals surface area contributed by atoms with Crippen LogP contribution >= 0.6 is 0 Å². The average molecular weight is 372 g/mol. The third kappa shape index (κ3) is 4.44. The van der Waals surface area contributed by atoms with Gasteiger partial charge < -0.3 is 15.5 Å². The Morgan fingerprint density at radius 2 is 1.71 bits per heavy atom. The number of benzene rings is 3. The van der Waals surface area contributed by atoms with E-state index in [9.17, 15) is 0 Å². The van der Waals surface area contributed by atoms with Gasteiger partial charge in [-0.25, -0.2) is 0 Å². The Kier molecular flexibility index (Phi) is 5.75. The minimum atomic E-state index is 0.430. The molecule has 1 aliphatic heterocycles. The van der Waals surface area contributed by atoms with Gasteiger partial charge in [0.25, 0.3) is 0 Å². The fourth-order valence-electron chi connectivity index (χ4n) is 3.96. The summed E-state index contributed by atoms with van der Waals surface area (Å²) in [6.45, 7) is 2.78. The molecule has 2 N–H and O–H groups in total. The van der Waals surface area contributed by atoms with E-state index in [0.29, 0.717) is 6.04 Å². The number of anilines is 1. The molecule has 0 amide bonds. The molecule has 1 atom stereocenters. The first-order chi connectivity index (χ1) is 13.7. The van der Waals surface area contributed by atoms with Gasteiger partial charge >= 0.3 is 0 Å². The topological polar surface area (TPSA) is 27.3 Å². The van der Waals surface area contributed by atoms with Crippen molar-refractivity contribution in [3.63, 3.8) is 0 Å². The number of hydrogen-bond donors (Lipinski definition) is 2. The zero-order chi connectivity index (χ0) is 19.3. The van der Waals surface area contributed by atoms with Crippen LogP contribution in [0.4, 0.5) is 5.69 Å². The van der Waals surface area contributed by atoms with Crippen LogP contribution in [0.2, 0.25) is 0 Å².